The smallest absolute Gasteiger partial charge is 0.217 e. The Morgan fingerprint density at radius 2 is 2.19 bits per heavy atom. The molecule has 1 rings (SSSR count). The number of nitrogens with one attached hydrogen (secondary N) is 1. The zero-order chi connectivity index (χ0) is 12.1. The predicted octanol–water partition coefficient (Wildman–Crippen LogP) is 0.604. The molecular formula is C12H24N2O2. The lowest BCUT2D eigenvalue weighted by atomic mass is 9.88. The molecular weight excluding hydrogens is 204 g/mol. The number of nitrogens with zero attached hydrogens (tertiary/aromatic N) is 1. The molecule has 94 valence electrons. The Hall–Kier alpha value is -0.610. The molecule has 0 radical (unpaired) electrons. The summed E-state index contributed by atoms with van der Waals surface area (Å²) < 4.78 is 0. The molecule has 2 N–H and O–H groups in total. The molecule has 3 atom stereocenters. The van der Waals surface area contributed by atoms with Gasteiger partial charge in [0.05, 0.1) is 6.10 Å². The lowest BCUT2D eigenvalue weighted by Crippen LogP contribution is -2.52. The van der Waals surface area contributed by atoms with Gasteiger partial charge in [-0.05, 0) is 25.3 Å². The zero-order valence-corrected chi connectivity index (χ0v) is 10.6. The maximum Gasteiger partial charge on any atom is 0.217 e. The van der Waals surface area contributed by atoms with Crippen LogP contribution in [0.25, 0.3) is 0 Å². The first kappa shape index (κ1) is 13.5. The standard InChI is InChI=1S/C12H24N2O2/c1-4-12(16)10-6-11(13-9(3)15)8-14(5-2)7-10/h10-12,16H,4-8H2,1-3H3,(H,13,15). The summed E-state index contributed by atoms with van der Waals surface area (Å²) in [6.07, 6.45) is 1.44. The Morgan fingerprint density at radius 3 is 2.69 bits per heavy atom. The highest BCUT2D eigenvalue weighted by molar-refractivity contribution is 5.73. The van der Waals surface area contributed by atoms with Crippen LogP contribution >= 0.6 is 0 Å². The maximum atomic E-state index is 11.1. The van der Waals surface area contributed by atoms with Gasteiger partial charge in [-0.15, -0.1) is 0 Å². The number of hydrogen-bond acceptors (Lipinski definition) is 3. The minimum Gasteiger partial charge on any atom is -0.393 e. The van der Waals surface area contributed by atoms with Gasteiger partial charge in [0.2, 0.25) is 5.91 Å². The van der Waals surface area contributed by atoms with Gasteiger partial charge in [-0.2, -0.15) is 0 Å². The summed E-state index contributed by atoms with van der Waals surface area (Å²) in [6.45, 7) is 8.50. The highest BCUT2D eigenvalue weighted by Crippen LogP contribution is 2.21. The highest BCUT2D eigenvalue weighted by Gasteiger charge is 2.30. The van der Waals surface area contributed by atoms with Crippen LogP contribution in [0.3, 0.4) is 0 Å². The summed E-state index contributed by atoms with van der Waals surface area (Å²) in [5, 5.41) is 12.9. The van der Waals surface area contributed by atoms with Gasteiger partial charge in [-0.3, -0.25) is 4.79 Å². The summed E-state index contributed by atoms with van der Waals surface area (Å²) in [5.41, 5.74) is 0. The van der Waals surface area contributed by atoms with Crippen LogP contribution in [0.1, 0.15) is 33.6 Å². The fourth-order valence-electron chi connectivity index (χ4n) is 2.49. The van der Waals surface area contributed by atoms with Crippen LogP contribution in [-0.4, -0.2) is 47.7 Å². The fourth-order valence-corrected chi connectivity index (χ4v) is 2.49. The van der Waals surface area contributed by atoms with E-state index in [4.69, 9.17) is 0 Å². The molecule has 1 aliphatic heterocycles. The SMILES string of the molecule is CCC(O)C1CC(NC(C)=O)CN(CC)C1. The summed E-state index contributed by atoms with van der Waals surface area (Å²) >= 11 is 0. The Bertz CT molecular complexity index is 233. The number of amides is 1. The van der Waals surface area contributed by atoms with Crippen molar-refractivity contribution in [3.8, 4) is 0 Å². The van der Waals surface area contributed by atoms with Crippen LogP contribution in [0.15, 0.2) is 0 Å². The third-order valence-electron chi connectivity index (χ3n) is 3.38. The number of aliphatic hydroxyl groups is 1. The molecule has 1 fully saturated rings. The van der Waals surface area contributed by atoms with Crippen molar-refractivity contribution in [1.82, 2.24) is 10.2 Å². The van der Waals surface area contributed by atoms with Gasteiger partial charge in [0, 0.05) is 26.1 Å². The van der Waals surface area contributed by atoms with Crippen LogP contribution in [0.5, 0.6) is 0 Å². The lowest BCUT2D eigenvalue weighted by molar-refractivity contribution is -0.120. The van der Waals surface area contributed by atoms with Crippen LogP contribution in [0.2, 0.25) is 0 Å². The van der Waals surface area contributed by atoms with Gasteiger partial charge in [0.1, 0.15) is 0 Å². The van der Waals surface area contributed by atoms with Crippen molar-refractivity contribution in [2.45, 2.75) is 45.8 Å². The van der Waals surface area contributed by atoms with Crippen molar-refractivity contribution in [3.63, 3.8) is 0 Å². The van der Waals surface area contributed by atoms with Crippen molar-refractivity contribution >= 4 is 5.91 Å². The first-order chi connectivity index (χ1) is 7.56. The monoisotopic (exact) mass is 228 g/mol. The molecule has 3 unspecified atom stereocenters. The van der Waals surface area contributed by atoms with Crippen molar-refractivity contribution in [2.75, 3.05) is 19.6 Å². The van der Waals surface area contributed by atoms with E-state index in [1.54, 1.807) is 6.92 Å². The first-order valence-corrected chi connectivity index (χ1v) is 6.24. The Balaban J connectivity index is 2.57. The fraction of sp³-hybridized carbons (Fsp3) is 0.917. The summed E-state index contributed by atoms with van der Waals surface area (Å²) in [4.78, 5) is 13.4. The zero-order valence-electron chi connectivity index (χ0n) is 10.6. The number of likely N-dealkylation sites (tertiary alicyclic amines) is 1. The van der Waals surface area contributed by atoms with E-state index in [-0.39, 0.29) is 24.0 Å². The number of aliphatic hydroxyl groups excluding tert-OH is 1. The predicted molar refractivity (Wildman–Crippen MR) is 64.1 cm³/mol. The molecule has 0 aromatic rings. The van der Waals surface area contributed by atoms with Gasteiger partial charge in [0.25, 0.3) is 0 Å². The Kier molecular flexibility index (Phi) is 5.22. The van der Waals surface area contributed by atoms with E-state index in [2.05, 4.69) is 17.1 Å². The number of hydrogen-bond donors (Lipinski definition) is 2. The van der Waals surface area contributed by atoms with Gasteiger partial charge in [0.15, 0.2) is 0 Å². The van der Waals surface area contributed by atoms with Crippen LogP contribution in [-0.2, 0) is 4.79 Å². The van der Waals surface area contributed by atoms with Crippen LogP contribution in [0.4, 0.5) is 0 Å². The quantitative estimate of drug-likeness (QED) is 0.741. The number of carbonyl (C=O) groups excluding carboxylic acids is 1. The lowest BCUT2D eigenvalue weighted by Gasteiger charge is -2.39. The average molecular weight is 228 g/mol. The van der Waals surface area contributed by atoms with Crippen LogP contribution < -0.4 is 5.32 Å². The summed E-state index contributed by atoms with van der Waals surface area (Å²) in [7, 11) is 0. The molecule has 1 saturated heterocycles. The summed E-state index contributed by atoms with van der Waals surface area (Å²) in [6, 6.07) is 0.192. The van der Waals surface area contributed by atoms with E-state index in [9.17, 15) is 9.90 Å². The molecule has 1 heterocycles. The molecule has 4 heteroatoms. The van der Waals surface area contributed by atoms with Gasteiger partial charge < -0.3 is 15.3 Å². The average Bonchev–Trinajstić information content (AvgIpc) is 2.26. The van der Waals surface area contributed by atoms with Crippen LogP contribution in [0, 0.1) is 5.92 Å². The van der Waals surface area contributed by atoms with E-state index < -0.39 is 0 Å². The number of carbonyl (C=O) groups is 1. The molecule has 0 bridgehead atoms. The largest absolute Gasteiger partial charge is 0.393 e. The van der Waals surface area contributed by atoms with Crippen molar-refractivity contribution in [1.29, 1.82) is 0 Å². The highest BCUT2D eigenvalue weighted by atomic mass is 16.3. The summed E-state index contributed by atoms with van der Waals surface area (Å²) in [5.74, 6) is 0.309. The number of piperidine rings is 1. The van der Waals surface area contributed by atoms with Crippen molar-refractivity contribution < 1.29 is 9.90 Å². The third-order valence-corrected chi connectivity index (χ3v) is 3.38. The van der Waals surface area contributed by atoms with Crippen molar-refractivity contribution in [2.24, 2.45) is 5.92 Å². The van der Waals surface area contributed by atoms with E-state index in [0.717, 1.165) is 32.5 Å². The topological polar surface area (TPSA) is 52.6 Å². The molecule has 0 aliphatic carbocycles. The first-order valence-electron chi connectivity index (χ1n) is 6.24. The molecule has 4 nitrogen and oxygen atoms in total. The number of likely N-dealkylation sites (N-methyl/N-ethyl adjacent to an activating group) is 1. The molecule has 0 aromatic heterocycles. The minimum atomic E-state index is -0.245. The van der Waals surface area contributed by atoms with E-state index in [0.29, 0.717) is 0 Å². The molecule has 16 heavy (non-hydrogen) atoms. The van der Waals surface area contributed by atoms with Crippen molar-refractivity contribution in [3.05, 3.63) is 0 Å². The number of rotatable bonds is 4. The maximum absolute atomic E-state index is 11.1. The molecule has 1 aliphatic rings. The second-order valence-electron chi connectivity index (χ2n) is 4.72. The van der Waals surface area contributed by atoms with Gasteiger partial charge in [-0.1, -0.05) is 13.8 Å². The molecule has 0 saturated carbocycles. The Labute approximate surface area is 98.0 Å². The van der Waals surface area contributed by atoms with Gasteiger partial charge in [-0.25, -0.2) is 0 Å². The normalized spacial score (nSPS) is 28.8. The second kappa shape index (κ2) is 6.21. The second-order valence-corrected chi connectivity index (χ2v) is 4.72. The van der Waals surface area contributed by atoms with E-state index >= 15 is 0 Å². The molecule has 1 amide bonds. The molecule has 0 aromatic carbocycles. The van der Waals surface area contributed by atoms with Gasteiger partial charge >= 0.3 is 0 Å². The molecule has 0 spiro atoms. The van der Waals surface area contributed by atoms with E-state index in [1.165, 1.54) is 0 Å². The van der Waals surface area contributed by atoms with E-state index in [1.807, 2.05) is 6.92 Å². The minimum absolute atomic E-state index is 0.0210. The third kappa shape index (κ3) is 3.76. The Morgan fingerprint density at radius 1 is 1.50 bits per heavy atom.